The highest BCUT2D eigenvalue weighted by molar-refractivity contribution is 5.79. The number of nitrogens with one attached hydrogen (secondary N) is 1. The van der Waals surface area contributed by atoms with Crippen molar-refractivity contribution in [1.82, 2.24) is 10.2 Å². The van der Waals surface area contributed by atoms with E-state index in [-0.39, 0.29) is 19.2 Å². The van der Waals surface area contributed by atoms with Gasteiger partial charge in [-0.1, -0.05) is 48.5 Å². The number of aliphatic hydroxyl groups is 1. The van der Waals surface area contributed by atoms with Gasteiger partial charge in [0, 0.05) is 19.0 Å². The molecule has 2 aromatic carbocycles. The maximum absolute atomic E-state index is 12.4. The molecule has 0 spiro atoms. The molecule has 0 aliphatic rings. The Hall–Kier alpha value is -2.79. The number of carbonyl (C=O) groups excluding carboxylic acids is 1. The van der Waals surface area contributed by atoms with E-state index in [1.165, 1.54) is 4.90 Å². The fraction of sp³-hybridized carbons (Fsp3) is 0.211. The lowest BCUT2D eigenvalue weighted by molar-refractivity contribution is 0.187. The van der Waals surface area contributed by atoms with Crippen LogP contribution in [0, 0.1) is 0 Å². The number of amides is 2. The number of rotatable bonds is 5. The predicted octanol–water partition coefficient (Wildman–Crippen LogP) is 3.16. The molecule has 0 fully saturated rings. The van der Waals surface area contributed by atoms with Crippen LogP contribution in [-0.2, 0) is 0 Å². The highest BCUT2D eigenvalue weighted by atomic mass is 16.3. The quantitative estimate of drug-likeness (QED) is 0.757. The number of furan rings is 1. The average Bonchev–Trinajstić information content (AvgIpc) is 3.04. The molecule has 5 heteroatoms. The van der Waals surface area contributed by atoms with Crippen molar-refractivity contribution in [3.63, 3.8) is 0 Å². The molecule has 124 valence electrons. The van der Waals surface area contributed by atoms with Gasteiger partial charge in [0.2, 0.25) is 0 Å². The minimum absolute atomic E-state index is 0.0788. The Morgan fingerprint density at radius 2 is 1.88 bits per heavy atom. The zero-order valence-electron chi connectivity index (χ0n) is 13.5. The number of urea groups is 1. The molecule has 1 atom stereocenters. The van der Waals surface area contributed by atoms with Crippen molar-refractivity contribution >= 4 is 17.0 Å². The first-order valence-corrected chi connectivity index (χ1v) is 7.85. The minimum Gasteiger partial charge on any atom is -0.459 e. The lowest BCUT2D eigenvalue weighted by Gasteiger charge is -2.22. The smallest absolute Gasteiger partial charge is 0.318 e. The first kappa shape index (κ1) is 16.1. The van der Waals surface area contributed by atoms with Gasteiger partial charge in [-0.05, 0) is 17.7 Å². The van der Waals surface area contributed by atoms with E-state index in [0.717, 1.165) is 16.5 Å². The third-order valence-corrected chi connectivity index (χ3v) is 3.91. The van der Waals surface area contributed by atoms with Crippen LogP contribution < -0.4 is 5.32 Å². The molecule has 5 nitrogen and oxygen atoms in total. The normalized spacial score (nSPS) is 12.1. The number of nitrogens with zero attached hydrogens (tertiary/aromatic N) is 1. The molecule has 0 bridgehead atoms. The van der Waals surface area contributed by atoms with Crippen molar-refractivity contribution in [2.24, 2.45) is 0 Å². The molecule has 2 amide bonds. The second kappa shape index (κ2) is 7.19. The number of hydrogen-bond donors (Lipinski definition) is 2. The Kier molecular flexibility index (Phi) is 4.82. The number of para-hydroxylation sites is 1. The molecule has 0 radical (unpaired) electrons. The van der Waals surface area contributed by atoms with Crippen molar-refractivity contribution < 1.29 is 14.3 Å². The topological polar surface area (TPSA) is 65.7 Å². The number of likely N-dealkylation sites (N-methyl/N-ethyl adjacent to an activating group) is 1. The van der Waals surface area contributed by atoms with Gasteiger partial charge in [-0.25, -0.2) is 4.79 Å². The maximum Gasteiger partial charge on any atom is 0.318 e. The summed E-state index contributed by atoms with van der Waals surface area (Å²) in [6.07, 6.45) is 0. The fourth-order valence-corrected chi connectivity index (χ4v) is 2.59. The van der Waals surface area contributed by atoms with E-state index in [1.54, 1.807) is 7.05 Å². The first-order valence-electron chi connectivity index (χ1n) is 7.85. The maximum atomic E-state index is 12.4. The number of hydrogen-bond acceptors (Lipinski definition) is 3. The summed E-state index contributed by atoms with van der Waals surface area (Å²) >= 11 is 0. The van der Waals surface area contributed by atoms with Gasteiger partial charge >= 0.3 is 6.03 Å². The summed E-state index contributed by atoms with van der Waals surface area (Å²) in [6, 6.07) is 18.7. The van der Waals surface area contributed by atoms with E-state index in [2.05, 4.69) is 5.32 Å². The van der Waals surface area contributed by atoms with Crippen molar-refractivity contribution in [1.29, 1.82) is 0 Å². The summed E-state index contributed by atoms with van der Waals surface area (Å²) < 4.78 is 5.94. The van der Waals surface area contributed by atoms with Crippen LogP contribution in [0.5, 0.6) is 0 Å². The Balaban J connectivity index is 1.94. The Morgan fingerprint density at radius 1 is 1.17 bits per heavy atom. The van der Waals surface area contributed by atoms with Gasteiger partial charge in [-0.3, -0.25) is 0 Å². The van der Waals surface area contributed by atoms with Gasteiger partial charge < -0.3 is 19.7 Å². The van der Waals surface area contributed by atoms with Crippen LogP contribution >= 0.6 is 0 Å². The molecule has 3 aromatic rings. The van der Waals surface area contributed by atoms with Crippen molar-refractivity contribution in [3.8, 4) is 0 Å². The van der Waals surface area contributed by atoms with E-state index in [0.29, 0.717) is 5.76 Å². The monoisotopic (exact) mass is 324 g/mol. The predicted molar refractivity (Wildman–Crippen MR) is 92.7 cm³/mol. The molecule has 0 saturated carbocycles. The summed E-state index contributed by atoms with van der Waals surface area (Å²) in [5, 5.41) is 13.0. The van der Waals surface area contributed by atoms with E-state index < -0.39 is 6.04 Å². The molecule has 1 aromatic heterocycles. The third-order valence-electron chi connectivity index (χ3n) is 3.91. The lowest BCUT2D eigenvalue weighted by Crippen LogP contribution is -2.40. The molecule has 0 aliphatic heterocycles. The number of carbonyl (C=O) groups is 1. The van der Waals surface area contributed by atoms with Gasteiger partial charge in [0.1, 0.15) is 17.4 Å². The molecule has 1 heterocycles. The van der Waals surface area contributed by atoms with Gasteiger partial charge in [0.05, 0.1) is 6.61 Å². The summed E-state index contributed by atoms with van der Waals surface area (Å²) in [5.74, 6) is 0.674. The van der Waals surface area contributed by atoms with E-state index in [1.807, 2.05) is 60.7 Å². The van der Waals surface area contributed by atoms with E-state index >= 15 is 0 Å². The van der Waals surface area contributed by atoms with E-state index in [9.17, 15) is 4.79 Å². The van der Waals surface area contributed by atoms with Crippen LogP contribution in [0.2, 0.25) is 0 Å². The van der Waals surface area contributed by atoms with Gasteiger partial charge in [-0.2, -0.15) is 0 Å². The molecular formula is C19H20N2O3. The number of aliphatic hydroxyl groups excluding tert-OH is 1. The summed E-state index contributed by atoms with van der Waals surface area (Å²) in [7, 11) is 1.65. The SMILES string of the molecule is CN(CCO)C(=O)NC(c1ccccc1)c1cc2ccccc2o1. The second-order valence-corrected chi connectivity index (χ2v) is 5.62. The van der Waals surface area contributed by atoms with E-state index in [4.69, 9.17) is 9.52 Å². The van der Waals surface area contributed by atoms with Gasteiger partial charge in [-0.15, -0.1) is 0 Å². The molecule has 0 aliphatic carbocycles. The molecule has 0 saturated heterocycles. The van der Waals surface area contributed by atoms with Crippen molar-refractivity contribution in [3.05, 3.63) is 72.0 Å². The Labute approximate surface area is 140 Å². The molecule has 24 heavy (non-hydrogen) atoms. The highest BCUT2D eigenvalue weighted by Crippen LogP contribution is 2.28. The van der Waals surface area contributed by atoms with Gasteiger partial charge in [0.25, 0.3) is 0 Å². The summed E-state index contributed by atoms with van der Waals surface area (Å²) in [4.78, 5) is 13.8. The largest absolute Gasteiger partial charge is 0.459 e. The molecule has 1 unspecified atom stereocenters. The van der Waals surface area contributed by atoms with Crippen LogP contribution in [-0.4, -0.2) is 36.2 Å². The van der Waals surface area contributed by atoms with Crippen molar-refractivity contribution in [2.45, 2.75) is 6.04 Å². The first-order chi connectivity index (χ1) is 11.7. The van der Waals surface area contributed by atoms with Crippen LogP contribution in [0.1, 0.15) is 17.4 Å². The Morgan fingerprint density at radius 3 is 2.58 bits per heavy atom. The zero-order valence-corrected chi connectivity index (χ0v) is 13.5. The standard InChI is InChI=1S/C19H20N2O3/c1-21(11-12-22)19(23)20-18(14-7-3-2-4-8-14)17-13-15-9-5-6-10-16(15)24-17/h2-10,13,18,22H,11-12H2,1H3,(H,20,23). The highest BCUT2D eigenvalue weighted by Gasteiger charge is 2.22. The van der Waals surface area contributed by atoms with Gasteiger partial charge in [0.15, 0.2) is 0 Å². The number of benzene rings is 2. The average molecular weight is 324 g/mol. The summed E-state index contributed by atoms with van der Waals surface area (Å²) in [6.45, 7) is 0.192. The molecular weight excluding hydrogens is 304 g/mol. The lowest BCUT2D eigenvalue weighted by atomic mass is 10.0. The zero-order chi connectivity index (χ0) is 16.9. The fourth-order valence-electron chi connectivity index (χ4n) is 2.59. The second-order valence-electron chi connectivity index (χ2n) is 5.62. The Bertz CT molecular complexity index is 781. The third kappa shape index (κ3) is 3.41. The molecule has 2 N–H and O–H groups in total. The molecule has 3 rings (SSSR count). The van der Waals surface area contributed by atoms with Crippen LogP contribution in [0.25, 0.3) is 11.0 Å². The van der Waals surface area contributed by atoms with Crippen LogP contribution in [0.15, 0.2) is 65.1 Å². The minimum atomic E-state index is -0.396. The number of fused-ring (bicyclic) bond motifs is 1. The summed E-state index contributed by atoms with van der Waals surface area (Å²) in [5.41, 5.74) is 1.72. The van der Waals surface area contributed by atoms with Crippen molar-refractivity contribution in [2.75, 3.05) is 20.2 Å². The van der Waals surface area contributed by atoms with Crippen LogP contribution in [0.4, 0.5) is 4.79 Å². The van der Waals surface area contributed by atoms with Crippen LogP contribution in [0.3, 0.4) is 0 Å².